The van der Waals surface area contributed by atoms with Crippen molar-refractivity contribution in [1.29, 1.82) is 5.26 Å². The molecule has 0 aliphatic rings. The van der Waals surface area contributed by atoms with Crippen LogP contribution in [0.4, 0.5) is 10.1 Å². The molecule has 6 heteroatoms. The average Bonchev–Trinajstić information content (AvgIpc) is 2.45. The molecule has 23 heavy (non-hydrogen) atoms. The van der Waals surface area contributed by atoms with E-state index in [0.29, 0.717) is 24.1 Å². The first-order valence-corrected chi connectivity index (χ1v) is 7.67. The summed E-state index contributed by atoms with van der Waals surface area (Å²) in [6.07, 6.45) is 1.25. The normalized spacial score (nSPS) is 12.8. The van der Waals surface area contributed by atoms with Gasteiger partial charge in [0.05, 0.1) is 5.56 Å². The lowest BCUT2D eigenvalue weighted by Gasteiger charge is -2.24. The van der Waals surface area contributed by atoms with Gasteiger partial charge in [-0.3, -0.25) is 0 Å². The molecule has 0 spiro atoms. The van der Waals surface area contributed by atoms with E-state index in [2.05, 4.69) is 5.34 Å². The first-order chi connectivity index (χ1) is 10.6. The molecule has 126 valence electrons. The molecule has 2 N–H and O–H groups in total. The van der Waals surface area contributed by atoms with Crippen LogP contribution in [0.15, 0.2) is 11.4 Å². The predicted octanol–water partition coefficient (Wildman–Crippen LogP) is 4.76. The van der Waals surface area contributed by atoms with Crippen molar-refractivity contribution >= 4 is 5.69 Å². The van der Waals surface area contributed by atoms with Gasteiger partial charge >= 0.3 is 0 Å². The van der Waals surface area contributed by atoms with Gasteiger partial charge in [0.25, 0.3) is 0 Å². The van der Waals surface area contributed by atoms with Crippen molar-refractivity contribution in [3.63, 3.8) is 0 Å². The Morgan fingerprint density at radius 3 is 2.52 bits per heavy atom. The number of nitrogens with two attached hydrogens (primary N) is 1. The molecular weight excluding hydrogens is 297 g/mol. The van der Waals surface area contributed by atoms with Crippen LogP contribution in [0.1, 0.15) is 76.0 Å². The molecule has 1 aromatic rings. The first kappa shape index (κ1) is 18.9. The second-order valence-electron chi connectivity index (χ2n) is 6.79. The fourth-order valence-electron chi connectivity index (χ4n) is 2.64. The number of nitrogen functional groups attached to an aromatic ring is 1. The van der Waals surface area contributed by atoms with Crippen LogP contribution in [-0.4, -0.2) is 5.60 Å². The molecule has 1 unspecified atom stereocenters. The maximum absolute atomic E-state index is 14.3. The zero-order valence-corrected chi connectivity index (χ0v) is 14.3. The average molecular weight is 321 g/mol. The Hall–Kier alpha value is -2.16. The van der Waals surface area contributed by atoms with Crippen LogP contribution in [0.2, 0.25) is 0 Å². The number of nitriles is 1. The minimum absolute atomic E-state index is 0.00488. The molecular formula is C17H24FN3O2. The van der Waals surface area contributed by atoms with Gasteiger partial charge in [0.15, 0.2) is 5.34 Å². The number of rotatable bonds is 7. The summed E-state index contributed by atoms with van der Waals surface area (Å²) in [6.45, 7) is 9.19. The molecule has 0 amide bonds. The van der Waals surface area contributed by atoms with Crippen molar-refractivity contribution in [1.82, 2.24) is 0 Å². The minimum atomic E-state index is -0.677. The number of hydrogen-bond acceptors (Lipinski definition) is 5. The van der Waals surface area contributed by atoms with Crippen LogP contribution in [0, 0.1) is 22.1 Å². The third-order valence-corrected chi connectivity index (χ3v) is 4.07. The van der Waals surface area contributed by atoms with Crippen LogP contribution < -0.4 is 5.73 Å². The molecule has 1 atom stereocenters. The van der Waals surface area contributed by atoms with Crippen molar-refractivity contribution < 1.29 is 9.23 Å². The van der Waals surface area contributed by atoms with Crippen molar-refractivity contribution in [2.45, 2.75) is 64.9 Å². The number of benzene rings is 1. The predicted molar refractivity (Wildman–Crippen MR) is 88.2 cm³/mol. The molecule has 0 saturated heterocycles. The topological polar surface area (TPSA) is 88.5 Å². The summed E-state index contributed by atoms with van der Waals surface area (Å²) in [7, 11) is 0. The van der Waals surface area contributed by atoms with Gasteiger partial charge in [-0.15, -0.1) is 4.91 Å². The second kappa shape index (κ2) is 7.40. The van der Waals surface area contributed by atoms with E-state index in [1.807, 2.05) is 26.8 Å². The highest BCUT2D eigenvalue weighted by Gasteiger charge is 2.25. The Labute approximate surface area is 136 Å². The molecule has 0 aromatic heterocycles. The maximum Gasteiger partial charge on any atom is 0.155 e. The summed E-state index contributed by atoms with van der Waals surface area (Å²) < 4.78 is 14.3. The Bertz CT molecular complexity index is 621. The van der Waals surface area contributed by atoms with E-state index in [0.717, 1.165) is 5.56 Å². The SMILES string of the molecule is CC(C)c1c(N)c(C(C)CCC(C)(C)ON=O)cc(C#N)c1F. The lowest BCUT2D eigenvalue weighted by atomic mass is 9.86. The van der Waals surface area contributed by atoms with Gasteiger partial charge in [0.1, 0.15) is 17.5 Å². The minimum Gasteiger partial charge on any atom is -0.398 e. The van der Waals surface area contributed by atoms with E-state index in [9.17, 15) is 9.30 Å². The van der Waals surface area contributed by atoms with E-state index < -0.39 is 11.4 Å². The molecule has 0 radical (unpaired) electrons. The molecule has 0 fully saturated rings. The highest BCUT2D eigenvalue weighted by Crippen LogP contribution is 2.36. The van der Waals surface area contributed by atoms with Gasteiger partial charge < -0.3 is 10.6 Å². The molecule has 0 aliphatic heterocycles. The summed E-state index contributed by atoms with van der Waals surface area (Å²) in [4.78, 5) is 15.1. The van der Waals surface area contributed by atoms with Crippen LogP contribution >= 0.6 is 0 Å². The smallest absolute Gasteiger partial charge is 0.155 e. The molecule has 1 rings (SSSR count). The molecule has 0 bridgehead atoms. The Morgan fingerprint density at radius 2 is 2.04 bits per heavy atom. The number of hydrogen-bond donors (Lipinski definition) is 1. The van der Waals surface area contributed by atoms with Gasteiger partial charge in [-0.1, -0.05) is 20.8 Å². The van der Waals surface area contributed by atoms with Gasteiger partial charge in [-0.05, 0) is 50.2 Å². The third-order valence-electron chi connectivity index (χ3n) is 4.07. The van der Waals surface area contributed by atoms with Crippen LogP contribution in [-0.2, 0) is 4.84 Å². The first-order valence-electron chi connectivity index (χ1n) is 7.67. The quantitative estimate of drug-likeness (QED) is 0.445. The Balaban J connectivity index is 3.15. The van der Waals surface area contributed by atoms with Crippen molar-refractivity contribution in [3.05, 3.63) is 33.5 Å². The van der Waals surface area contributed by atoms with Gasteiger partial charge in [0, 0.05) is 11.3 Å². The largest absolute Gasteiger partial charge is 0.398 e. The number of anilines is 1. The van der Waals surface area contributed by atoms with Gasteiger partial charge in [-0.25, -0.2) is 4.39 Å². The Kier molecular flexibility index (Phi) is 6.08. The third kappa shape index (κ3) is 4.41. The lowest BCUT2D eigenvalue weighted by molar-refractivity contribution is -0.0255. The monoisotopic (exact) mass is 321 g/mol. The molecule has 1 aromatic carbocycles. The summed E-state index contributed by atoms with van der Waals surface area (Å²) in [5, 5.41) is 11.6. The van der Waals surface area contributed by atoms with E-state index in [-0.39, 0.29) is 17.4 Å². The summed E-state index contributed by atoms with van der Waals surface area (Å²) in [5.74, 6) is -0.659. The number of nitrogens with zero attached hydrogens (tertiary/aromatic N) is 2. The molecule has 0 heterocycles. The second-order valence-corrected chi connectivity index (χ2v) is 6.79. The highest BCUT2D eigenvalue weighted by atomic mass is 19.1. The van der Waals surface area contributed by atoms with Gasteiger partial charge in [0.2, 0.25) is 0 Å². The van der Waals surface area contributed by atoms with E-state index in [4.69, 9.17) is 15.8 Å². The molecule has 0 saturated carbocycles. The maximum atomic E-state index is 14.3. The fraction of sp³-hybridized carbons (Fsp3) is 0.588. The van der Waals surface area contributed by atoms with Crippen molar-refractivity contribution in [2.75, 3.05) is 5.73 Å². The zero-order chi connectivity index (χ0) is 17.8. The summed E-state index contributed by atoms with van der Waals surface area (Å²) in [5.41, 5.74) is 7.03. The number of halogens is 1. The lowest BCUT2D eigenvalue weighted by Crippen LogP contribution is -2.22. The summed E-state index contributed by atoms with van der Waals surface area (Å²) in [6, 6.07) is 3.41. The van der Waals surface area contributed by atoms with E-state index in [1.165, 1.54) is 6.07 Å². The van der Waals surface area contributed by atoms with Crippen LogP contribution in [0.25, 0.3) is 0 Å². The fourth-order valence-corrected chi connectivity index (χ4v) is 2.64. The van der Waals surface area contributed by atoms with E-state index in [1.54, 1.807) is 13.8 Å². The standard InChI is InChI=1S/C17H24FN3O2/c1-10(2)14-15(18)12(9-19)8-13(16(14)20)11(3)6-7-17(4,5)23-21-22/h8,10-11H,6-7,20H2,1-5H3. The summed E-state index contributed by atoms with van der Waals surface area (Å²) >= 11 is 0. The molecule has 0 aliphatic carbocycles. The van der Waals surface area contributed by atoms with E-state index >= 15 is 0 Å². The van der Waals surface area contributed by atoms with Crippen molar-refractivity contribution in [2.24, 2.45) is 5.34 Å². The van der Waals surface area contributed by atoms with Crippen LogP contribution in [0.5, 0.6) is 0 Å². The highest BCUT2D eigenvalue weighted by molar-refractivity contribution is 5.61. The van der Waals surface area contributed by atoms with Crippen molar-refractivity contribution in [3.8, 4) is 6.07 Å². The van der Waals surface area contributed by atoms with Crippen LogP contribution in [0.3, 0.4) is 0 Å². The molecule has 5 nitrogen and oxygen atoms in total. The Morgan fingerprint density at radius 1 is 1.43 bits per heavy atom. The zero-order valence-electron chi connectivity index (χ0n) is 14.3. The van der Waals surface area contributed by atoms with Gasteiger partial charge in [-0.2, -0.15) is 5.26 Å².